The first kappa shape index (κ1) is 30.6. The summed E-state index contributed by atoms with van der Waals surface area (Å²) in [5.41, 5.74) is 0.749. The number of ether oxygens (including phenoxy) is 3. The van der Waals surface area contributed by atoms with Gasteiger partial charge in [-0.2, -0.15) is 0 Å². The average Bonchev–Trinajstić information content (AvgIpc) is 3.36. The summed E-state index contributed by atoms with van der Waals surface area (Å²) in [5.74, 6) is 1.41. The normalized spacial score (nSPS) is 32.3. The third-order valence-electron chi connectivity index (χ3n) is 11.2. The minimum absolute atomic E-state index is 0.0102. The number of aliphatic carboxylic acids is 1. The number of carboxylic acid groups (broad SMARTS) is 1. The van der Waals surface area contributed by atoms with Gasteiger partial charge in [-0.1, -0.05) is 38.1 Å². The minimum atomic E-state index is -1.00. The fraction of sp³-hybridized carbons (Fsp3) is 0.571. The highest BCUT2D eigenvalue weighted by molar-refractivity contribution is 6.03. The first-order valence-corrected chi connectivity index (χ1v) is 16.0. The van der Waals surface area contributed by atoms with Crippen LogP contribution in [0.15, 0.2) is 48.6 Å². The van der Waals surface area contributed by atoms with Gasteiger partial charge >= 0.3 is 5.97 Å². The minimum Gasteiger partial charge on any atom is -0.491 e. The SMILES string of the molecule is C[C@]12C=CC(=O)N[C@@H]1CC[C@@H]1[C@@H]2CC[C@]2(C)[C@@H](C(=O)Nc3cccc4ccc(OCCOCCOCC(=O)O)cc34)CC[C@@H]12. The monoisotopic (exact) mass is 604 g/mol. The molecule has 0 spiro atoms. The number of hydrogen-bond acceptors (Lipinski definition) is 6. The summed E-state index contributed by atoms with van der Waals surface area (Å²) in [5, 5.41) is 17.1. The molecule has 3 fully saturated rings. The van der Waals surface area contributed by atoms with Crippen LogP contribution in [0.1, 0.15) is 52.4 Å². The van der Waals surface area contributed by atoms with E-state index in [4.69, 9.17) is 19.3 Å². The summed E-state index contributed by atoms with van der Waals surface area (Å²) in [6.07, 6.45) is 10.1. The van der Waals surface area contributed by atoms with Gasteiger partial charge in [-0.25, -0.2) is 4.79 Å². The highest BCUT2D eigenvalue weighted by atomic mass is 16.5. The summed E-state index contributed by atoms with van der Waals surface area (Å²) in [6, 6.07) is 12.0. The number of fused-ring (bicyclic) bond motifs is 6. The Hall–Kier alpha value is -3.43. The molecular formula is C35H44N2O7. The van der Waals surface area contributed by atoms with E-state index in [1.807, 2.05) is 36.4 Å². The van der Waals surface area contributed by atoms with Crippen LogP contribution in [-0.2, 0) is 23.9 Å². The molecule has 1 heterocycles. The molecule has 0 aromatic heterocycles. The lowest BCUT2D eigenvalue weighted by atomic mass is 9.48. The Balaban J connectivity index is 1.09. The summed E-state index contributed by atoms with van der Waals surface area (Å²) in [7, 11) is 0. The molecule has 2 aromatic carbocycles. The van der Waals surface area contributed by atoms with E-state index >= 15 is 0 Å². The van der Waals surface area contributed by atoms with E-state index in [1.165, 1.54) is 0 Å². The zero-order chi connectivity index (χ0) is 30.9. The van der Waals surface area contributed by atoms with Gasteiger partial charge in [-0.05, 0) is 91.4 Å². The lowest BCUT2D eigenvalue weighted by Crippen LogP contribution is -2.59. The van der Waals surface area contributed by atoms with Crippen molar-refractivity contribution < 1.29 is 33.7 Å². The fourth-order valence-corrected chi connectivity index (χ4v) is 9.03. The van der Waals surface area contributed by atoms with Crippen molar-refractivity contribution in [2.75, 3.05) is 38.4 Å². The van der Waals surface area contributed by atoms with Crippen LogP contribution in [0.5, 0.6) is 5.75 Å². The smallest absolute Gasteiger partial charge is 0.329 e. The van der Waals surface area contributed by atoms with Gasteiger partial charge in [0.1, 0.15) is 19.0 Å². The Bertz CT molecular complexity index is 1440. The topological polar surface area (TPSA) is 123 Å². The second-order valence-corrected chi connectivity index (χ2v) is 13.5. The Labute approximate surface area is 258 Å². The van der Waals surface area contributed by atoms with Crippen molar-refractivity contribution in [1.82, 2.24) is 5.32 Å². The molecule has 3 N–H and O–H groups in total. The Morgan fingerprint density at radius 2 is 1.80 bits per heavy atom. The van der Waals surface area contributed by atoms with Crippen LogP contribution in [0.25, 0.3) is 10.8 Å². The van der Waals surface area contributed by atoms with Gasteiger partial charge in [0.25, 0.3) is 0 Å². The Kier molecular flexibility index (Phi) is 8.70. The van der Waals surface area contributed by atoms with E-state index in [-0.39, 0.29) is 47.8 Å². The molecule has 44 heavy (non-hydrogen) atoms. The molecular weight excluding hydrogens is 560 g/mol. The lowest BCUT2D eigenvalue weighted by molar-refractivity contribution is -0.142. The van der Waals surface area contributed by atoms with E-state index in [2.05, 4.69) is 30.6 Å². The number of anilines is 1. The van der Waals surface area contributed by atoms with E-state index < -0.39 is 5.97 Å². The molecule has 6 rings (SSSR count). The molecule has 0 saturated heterocycles. The third-order valence-corrected chi connectivity index (χ3v) is 11.2. The van der Waals surface area contributed by atoms with Crippen molar-refractivity contribution in [3.8, 4) is 5.75 Å². The van der Waals surface area contributed by atoms with Crippen LogP contribution < -0.4 is 15.4 Å². The molecule has 1 aliphatic heterocycles. The number of rotatable bonds is 11. The first-order chi connectivity index (χ1) is 21.2. The number of benzene rings is 2. The predicted octanol–water partition coefficient (Wildman–Crippen LogP) is 5.19. The summed E-state index contributed by atoms with van der Waals surface area (Å²) >= 11 is 0. The second-order valence-electron chi connectivity index (χ2n) is 13.5. The van der Waals surface area contributed by atoms with Crippen molar-refractivity contribution in [3.05, 3.63) is 48.6 Å². The average molecular weight is 605 g/mol. The maximum atomic E-state index is 14.0. The van der Waals surface area contributed by atoms with Crippen LogP contribution in [0.3, 0.4) is 0 Å². The van der Waals surface area contributed by atoms with Crippen molar-refractivity contribution in [2.45, 2.75) is 58.4 Å². The van der Waals surface area contributed by atoms with E-state index in [0.717, 1.165) is 55.0 Å². The molecule has 236 valence electrons. The van der Waals surface area contributed by atoms with Gasteiger partial charge in [-0.15, -0.1) is 0 Å². The number of carboxylic acids is 1. The van der Waals surface area contributed by atoms with Crippen LogP contribution in [-0.4, -0.2) is 62.0 Å². The standard InChI is InChI=1S/C35H44N2O7/c1-34-14-12-27-24(8-11-30-35(27,2)15-13-31(38)37-30)26(34)9-10-28(34)33(41)36-29-5-3-4-22-6-7-23(20-25(22)29)44-19-18-42-16-17-43-21-32(39)40/h3-7,13,15,20,24,26-28,30H,8-12,14,16-19,21H2,1-2H3,(H,36,41)(H,37,38)(H,39,40)/t24-,26-,27-,28+,30+,34-,35+/m0/s1. The molecule has 4 aliphatic rings. The Morgan fingerprint density at radius 1 is 0.977 bits per heavy atom. The summed E-state index contributed by atoms with van der Waals surface area (Å²) in [6.45, 7) is 5.54. The highest BCUT2D eigenvalue weighted by Crippen LogP contribution is 2.65. The number of carbonyl (C=O) groups is 3. The molecule has 3 aliphatic carbocycles. The molecule has 3 saturated carbocycles. The largest absolute Gasteiger partial charge is 0.491 e. The van der Waals surface area contributed by atoms with Crippen molar-refractivity contribution in [1.29, 1.82) is 0 Å². The van der Waals surface area contributed by atoms with E-state index in [9.17, 15) is 14.4 Å². The molecule has 9 heteroatoms. The van der Waals surface area contributed by atoms with Crippen molar-refractivity contribution >= 4 is 34.2 Å². The molecule has 0 radical (unpaired) electrons. The first-order valence-electron chi connectivity index (χ1n) is 16.0. The number of hydrogen-bond donors (Lipinski definition) is 3. The summed E-state index contributed by atoms with van der Waals surface area (Å²) < 4.78 is 16.3. The molecule has 0 bridgehead atoms. The molecule has 7 atom stereocenters. The molecule has 9 nitrogen and oxygen atoms in total. The van der Waals surface area contributed by atoms with E-state index in [0.29, 0.717) is 43.3 Å². The molecule has 0 unspecified atom stereocenters. The van der Waals surface area contributed by atoms with E-state index in [1.54, 1.807) is 6.08 Å². The quantitative estimate of drug-likeness (QED) is 0.302. The zero-order valence-corrected chi connectivity index (χ0v) is 25.7. The van der Waals surface area contributed by atoms with Crippen LogP contribution in [0, 0.1) is 34.5 Å². The maximum Gasteiger partial charge on any atom is 0.329 e. The zero-order valence-electron chi connectivity index (χ0n) is 25.7. The van der Waals surface area contributed by atoms with Gasteiger partial charge in [-0.3, -0.25) is 9.59 Å². The van der Waals surface area contributed by atoms with Gasteiger partial charge in [0.15, 0.2) is 0 Å². The maximum absolute atomic E-state index is 14.0. The van der Waals surface area contributed by atoms with Crippen molar-refractivity contribution in [3.63, 3.8) is 0 Å². The number of nitrogens with one attached hydrogen (secondary N) is 2. The van der Waals surface area contributed by atoms with Gasteiger partial charge < -0.3 is 30.0 Å². The summed E-state index contributed by atoms with van der Waals surface area (Å²) in [4.78, 5) is 36.5. The Morgan fingerprint density at radius 3 is 2.64 bits per heavy atom. The van der Waals surface area contributed by atoms with Crippen LogP contribution >= 0.6 is 0 Å². The van der Waals surface area contributed by atoms with Crippen molar-refractivity contribution in [2.24, 2.45) is 34.5 Å². The number of amides is 2. The lowest BCUT2D eigenvalue weighted by Gasteiger charge is -2.58. The fourth-order valence-electron chi connectivity index (χ4n) is 9.03. The third kappa shape index (κ3) is 5.84. The van der Waals surface area contributed by atoms with Gasteiger partial charge in [0.05, 0.1) is 19.8 Å². The van der Waals surface area contributed by atoms with Gasteiger partial charge in [0, 0.05) is 28.4 Å². The van der Waals surface area contributed by atoms with Crippen LogP contribution in [0.2, 0.25) is 0 Å². The molecule has 2 amide bonds. The van der Waals surface area contributed by atoms with Gasteiger partial charge in [0.2, 0.25) is 11.8 Å². The number of carbonyl (C=O) groups excluding carboxylic acids is 2. The molecule has 2 aromatic rings. The van der Waals surface area contributed by atoms with Crippen LogP contribution in [0.4, 0.5) is 5.69 Å². The highest BCUT2D eigenvalue weighted by Gasteiger charge is 2.60. The predicted molar refractivity (Wildman–Crippen MR) is 166 cm³/mol. The second kappa shape index (κ2) is 12.5.